The monoisotopic (exact) mass is 493 g/mol. The van der Waals surface area contributed by atoms with Crippen molar-refractivity contribution in [1.29, 1.82) is 0 Å². The Bertz CT molecular complexity index is 1260. The van der Waals surface area contributed by atoms with Gasteiger partial charge >= 0.3 is 23.8 Å². The molecule has 0 unspecified atom stereocenters. The molecule has 2 aliphatic heterocycles. The van der Waals surface area contributed by atoms with Crippen LogP contribution >= 0.6 is 0 Å². The van der Waals surface area contributed by atoms with Crippen LogP contribution in [0.2, 0.25) is 0 Å². The molecule has 14 heteroatoms. The minimum Gasteiger partial charge on any atom is -0.459 e. The Kier molecular flexibility index (Phi) is 6.39. The number of halogens is 1. The first-order chi connectivity index (χ1) is 16.6. The van der Waals surface area contributed by atoms with Crippen LogP contribution in [0.15, 0.2) is 46.2 Å². The summed E-state index contributed by atoms with van der Waals surface area (Å²) in [6, 6.07) is 5.46. The van der Waals surface area contributed by atoms with E-state index in [4.69, 9.17) is 23.7 Å². The maximum atomic E-state index is 15.6. The largest absolute Gasteiger partial charge is 0.509 e. The van der Waals surface area contributed by atoms with Crippen molar-refractivity contribution in [3.05, 3.63) is 63.2 Å². The van der Waals surface area contributed by atoms with Crippen molar-refractivity contribution in [2.75, 3.05) is 6.61 Å². The van der Waals surface area contributed by atoms with E-state index < -0.39 is 72.9 Å². The molecule has 0 saturated carbocycles. The second kappa shape index (κ2) is 9.29. The van der Waals surface area contributed by atoms with Gasteiger partial charge in [-0.2, -0.15) is 0 Å². The number of carbonyl (C=O) groups excluding carboxylic acids is 3. The smallest absolute Gasteiger partial charge is 0.459 e. The Morgan fingerprint density at radius 1 is 1.17 bits per heavy atom. The summed E-state index contributed by atoms with van der Waals surface area (Å²) >= 11 is 0. The fraction of sp³-hybridized carbons (Fsp3) is 0.429. The van der Waals surface area contributed by atoms with Crippen LogP contribution in [0.1, 0.15) is 30.6 Å². The Morgan fingerprint density at radius 3 is 2.63 bits per heavy atom. The standard InChI is InChI=1S/C21H20FN3O10/c1-11(2)17(27)31-9-21(22)15-14(33-20(30)34-15)16(35-21)24-8-6-13(26)25(19(24)29)10-32-18(28)12-5-3-4-7-23-12/h3-8,11,14-16H,9-10H2,1-2H3/t14-,15+,16-,21-/m1/s1. The maximum absolute atomic E-state index is 15.6. The molecule has 0 spiro atoms. The molecule has 2 aliphatic rings. The van der Waals surface area contributed by atoms with E-state index in [0.29, 0.717) is 4.57 Å². The minimum absolute atomic E-state index is 0.0491. The first-order valence-corrected chi connectivity index (χ1v) is 10.4. The van der Waals surface area contributed by atoms with Crippen LogP contribution in [-0.2, 0) is 35.2 Å². The van der Waals surface area contributed by atoms with Gasteiger partial charge in [-0.3, -0.25) is 14.2 Å². The van der Waals surface area contributed by atoms with E-state index in [0.717, 1.165) is 16.8 Å². The normalized spacial score (nSPS) is 25.0. The first-order valence-electron chi connectivity index (χ1n) is 10.4. The van der Waals surface area contributed by atoms with Crippen LogP contribution in [-0.4, -0.2) is 56.9 Å². The van der Waals surface area contributed by atoms with E-state index in [1.54, 1.807) is 12.1 Å². The summed E-state index contributed by atoms with van der Waals surface area (Å²) in [5.41, 5.74) is -1.93. The minimum atomic E-state index is -2.84. The van der Waals surface area contributed by atoms with Gasteiger partial charge in [0, 0.05) is 18.5 Å². The van der Waals surface area contributed by atoms with Crippen LogP contribution in [0, 0.1) is 5.92 Å². The van der Waals surface area contributed by atoms with E-state index in [-0.39, 0.29) is 5.69 Å². The lowest BCUT2D eigenvalue weighted by molar-refractivity contribution is -0.220. The number of esters is 2. The van der Waals surface area contributed by atoms with Crippen molar-refractivity contribution < 1.29 is 42.5 Å². The topological polar surface area (TPSA) is 154 Å². The maximum Gasteiger partial charge on any atom is 0.509 e. The van der Waals surface area contributed by atoms with E-state index in [9.17, 15) is 24.0 Å². The number of pyridine rings is 1. The van der Waals surface area contributed by atoms with Crippen molar-refractivity contribution in [3.63, 3.8) is 0 Å². The Hall–Kier alpha value is -4.07. The van der Waals surface area contributed by atoms with E-state index >= 15 is 4.39 Å². The lowest BCUT2D eigenvalue weighted by Crippen LogP contribution is -2.43. The highest BCUT2D eigenvalue weighted by atomic mass is 19.2. The summed E-state index contributed by atoms with van der Waals surface area (Å²) < 4.78 is 42.0. The molecule has 0 radical (unpaired) electrons. The first kappa shape index (κ1) is 24.1. The average molecular weight is 493 g/mol. The predicted molar refractivity (Wildman–Crippen MR) is 110 cm³/mol. The predicted octanol–water partition coefficient (Wildman–Crippen LogP) is 0.517. The third kappa shape index (κ3) is 4.64. The third-order valence-corrected chi connectivity index (χ3v) is 5.23. The number of hydrogen-bond donors (Lipinski definition) is 0. The van der Waals surface area contributed by atoms with Crippen LogP contribution in [0.4, 0.5) is 9.18 Å². The van der Waals surface area contributed by atoms with Gasteiger partial charge in [-0.1, -0.05) is 19.9 Å². The van der Waals surface area contributed by atoms with Gasteiger partial charge in [0.05, 0.1) is 5.92 Å². The number of fused-ring (bicyclic) bond motifs is 1. The molecule has 2 aromatic rings. The number of hydrogen-bond acceptors (Lipinski definition) is 11. The fourth-order valence-corrected chi connectivity index (χ4v) is 3.44. The summed E-state index contributed by atoms with van der Waals surface area (Å²) in [6.07, 6.45) is -3.53. The zero-order valence-corrected chi connectivity index (χ0v) is 18.5. The van der Waals surface area contributed by atoms with E-state index in [2.05, 4.69) is 4.98 Å². The molecule has 0 aliphatic carbocycles. The quantitative estimate of drug-likeness (QED) is 0.392. The van der Waals surface area contributed by atoms with Crippen LogP contribution in [0.25, 0.3) is 0 Å². The molecule has 0 bridgehead atoms. The second-order valence-electron chi connectivity index (χ2n) is 7.98. The molecule has 2 fully saturated rings. The van der Waals surface area contributed by atoms with Gasteiger partial charge < -0.3 is 23.7 Å². The summed E-state index contributed by atoms with van der Waals surface area (Å²) in [6.45, 7) is 1.36. The molecule has 4 atom stereocenters. The lowest BCUT2D eigenvalue weighted by Gasteiger charge is -2.24. The van der Waals surface area contributed by atoms with Crippen molar-refractivity contribution in [1.82, 2.24) is 14.1 Å². The SMILES string of the molecule is CC(C)C(=O)OC[C@@]1(F)O[C@@H](n2ccc(=O)n(COC(=O)c3ccccn3)c2=O)[C@@H]2OC(=O)O[C@@H]21. The highest BCUT2D eigenvalue weighted by Gasteiger charge is 2.65. The number of ether oxygens (including phenoxy) is 5. The molecule has 186 valence electrons. The van der Waals surface area contributed by atoms with Gasteiger partial charge in [0.2, 0.25) is 6.10 Å². The molecule has 13 nitrogen and oxygen atoms in total. The van der Waals surface area contributed by atoms with Crippen LogP contribution in [0.5, 0.6) is 0 Å². The summed E-state index contributed by atoms with van der Waals surface area (Å²) in [5.74, 6) is -5.01. The zero-order chi connectivity index (χ0) is 25.3. The van der Waals surface area contributed by atoms with E-state index in [1.807, 2.05) is 0 Å². The molecule has 0 amide bonds. The summed E-state index contributed by atoms with van der Waals surface area (Å²) in [7, 11) is 0. The van der Waals surface area contributed by atoms with Gasteiger partial charge in [-0.25, -0.2) is 28.3 Å². The molecular weight excluding hydrogens is 473 g/mol. The van der Waals surface area contributed by atoms with Crippen molar-refractivity contribution >= 4 is 18.1 Å². The fourth-order valence-electron chi connectivity index (χ4n) is 3.44. The van der Waals surface area contributed by atoms with Gasteiger partial charge in [0.1, 0.15) is 5.69 Å². The van der Waals surface area contributed by atoms with Gasteiger partial charge in [0.15, 0.2) is 25.7 Å². The van der Waals surface area contributed by atoms with E-state index in [1.165, 1.54) is 26.1 Å². The highest BCUT2D eigenvalue weighted by molar-refractivity contribution is 5.86. The molecule has 4 heterocycles. The molecule has 35 heavy (non-hydrogen) atoms. The van der Waals surface area contributed by atoms with Gasteiger partial charge in [-0.15, -0.1) is 0 Å². The van der Waals surface area contributed by atoms with Crippen LogP contribution in [0.3, 0.4) is 0 Å². The van der Waals surface area contributed by atoms with Gasteiger partial charge in [0.25, 0.3) is 11.4 Å². The highest BCUT2D eigenvalue weighted by Crippen LogP contribution is 2.44. The summed E-state index contributed by atoms with van der Waals surface area (Å²) in [5, 5.41) is 0. The molecule has 4 rings (SSSR count). The lowest BCUT2D eigenvalue weighted by atomic mass is 10.1. The van der Waals surface area contributed by atoms with Crippen LogP contribution < -0.4 is 11.2 Å². The molecule has 0 N–H and O–H groups in total. The molecule has 0 aromatic carbocycles. The number of alkyl halides is 1. The third-order valence-electron chi connectivity index (χ3n) is 5.23. The number of nitrogens with zero attached hydrogens (tertiary/aromatic N) is 3. The second-order valence-corrected chi connectivity index (χ2v) is 7.98. The Morgan fingerprint density at radius 2 is 1.94 bits per heavy atom. The molecular formula is C21H20FN3O10. The van der Waals surface area contributed by atoms with Crippen molar-refractivity contribution in [3.8, 4) is 0 Å². The Balaban J connectivity index is 1.59. The summed E-state index contributed by atoms with van der Waals surface area (Å²) in [4.78, 5) is 64.7. The van der Waals surface area contributed by atoms with Crippen molar-refractivity contribution in [2.24, 2.45) is 5.92 Å². The number of carbonyl (C=O) groups is 3. The molecule has 2 saturated heterocycles. The van der Waals surface area contributed by atoms with Crippen molar-refractivity contribution in [2.45, 2.75) is 44.9 Å². The number of aromatic nitrogens is 3. The molecule has 2 aromatic heterocycles. The average Bonchev–Trinajstić information content (AvgIpc) is 3.34. The zero-order valence-electron chi connectivity index (χ0n) is 18.5. The number of rotatable bonds is 7. The van der Waals surface area contributed by atoms with Gasteiger partial charge in [-0.05, 0) is 12.1 Å². The Labute approximate surface area is 195 Å².